The van der Waals surface area contributed by atoms with Crippen molar-refractivity contribution >= 4 is 17.2 Å². The van der Waals surface area contributed by atoms with Crippen LogP contribution in [0.1, 0.15) is 25.3 Å². The summed E-state index contributed by atoms with van der Waals surface area (Å²) in [4.78, 5) is 20.4. The van der Waals surface area contributed by atoms with E-state index >= 15 is 0 Å². The number of para-hydroxylation sites is 1. The molecule has 5 nitrogen and oxygen atoms in total. The number of oxazole rings is 1. The van der Waals surface area contributed by atoms with Crippen molar-refractivity contribution in [2.75, 3.05) is 0 Å². The van der Waals surface area contributed by atoms with Gasteiger partial charge < -0.3 is 9.15 Å². The van der Waals surface area contributed by atoms with Crippen LogP contribution in [0.15, 0.2) is 40.9 Å². The maximum atomic E-state index is 11.8. The minimum absolute atomic E-state index is 0.257. The van der Waals surface area contributed by atoms with Crippen LogP contribution in [0.5, 0.6) is 5.75 Å². The van der Waals surface area contributed by atoms with Crippen molar-refractivity contribution in [2.45, 2.75) is 26.7 Å². The first-order valence-electron chi connectivity index (χ1n) is 7.21. The molecule has 0 fully saturated rings. The summed E-state index contributed by atoms with van der Waals surface area (Å²) in [6.45, 7) is 3.82. The largest absolute Gasteiger partial charge is 0.425 e. The van der Waals surface area contributed by atoms with E-state index in [0.717, 1.165) is 12.0 Å². The normalized spacial score (nSPS) is 10.8. The topological polar surface area (TPSA) is 65.2 Å². The Morgan fingerprint density at radius 2 is 2.14 bits per heavy atom. The molecular weight excluding hydrogens is 280 g/mol. The third-order valence-corrected chi connectivity index (χ3v) is 3.28. The van der Waals surface area contributed by atoms with Crippen molar-refractivity contribution < 1.29 is 13.9 Å². The van der Waals surface area contributed by atoms with Gasteiger partial charge in [-0.05, 0) is 37.1 Å². The minimum atomic E-state index is -0.257. The Bertz CT molecular complexity index is 791. The lowest BCUT2D eigenvalue weighted by molar-refractivity contribution is -0.134. The molecule has 0 aliphatic rings. The molecule has 2 aromatic heterocycles. The molecule has 0 amide bonds. The Kier molecular flexibility index (Phi) is 3.87. The second-order valence-corrected chi connectivity index (χ2v) is 5.02. The van der Waals surface area contributed by atoms with Crippen molar-refractivity contribution in [3.8, 4) is 17.2 Å². The third kappa shape index (κ3) is 2.70. The molecule has 0 atom stereocenters. The molecule has 0 aliphatic heterocycles. The first-order valence-corrected chi connectivity index (χ1v) is 7.21. The standard InChI is InChI=1S/C17H16N2O3/c1-3-6-14(20)21-15-11(2)7-4-8-12(15)16-19-13-9-5-10-18-17(13)22-16/h4-5,7-10H,3,6H2,1-2H3. The number of hydrogen-bond acceptors (Lipinski definition) is 5. The zero-order chi connectivity index (χ0) is 15.5. The quantitative estimate of drug-likeness (QED) is 0.539. The molecule has 3 aromatic rings. The molecule has 1 aromatic carbocycles. The number of aromatic nitrogens is 2. The number of nitrogens with zero attached hydrogens (tertiary/aromatic N) is 2. The molecule has 0 N–H and O–H groups in total. The summed E-state index contributed by atoms with van der Waals surface area (Å²) < 4.78 is 11.2. The summed E-state index contributed by atoms with van der Waals surface area (Å²) in [7, 11) is 0. The fourth-order valence-electron chi connectivity index (χ4n) is 2.21. The number of benzene rings is 1. The van der Waals surface area contributed by atoms with Crippen LogP contribution in [0.3, 0.4) is 0 Å². The molecule has 3 rings (SSSR count). The second-order valence-electron chi connectivity index (χ2n) is 5.02. The zero-order valence-corrected chi connectivity index (χ0v) is 12.5. The predicted molar refractivity (Wildman–Crippen MR) is 82.5 cm³/mol. The molecule has 5 heteroatoms. The molecule has 112 valence electrons. The van der Waals surface area contributed by atoms with E-state index in [1.54, 1.807) is 12.3 Å². The van der Waals surface area contributed by atoms with E-state index in [-0.39, 0.29) is 5.97 Å². The summed E-state index contributed by atoms with van der Waals surface area (Å²) in [5, 5.41) is 0. The molecule has 2 heterocycles. The highest BCUT2D eigenvalue weighted by Gasteiger charge is 2.17. The molecule has 0 radical (unpaired) electrons. The Balaban J connectivity index is 2.06. The molecule has 0 aliphatic carbocycles. The Hall–Kier alpha value is -2.69. The summed E-state index contributed by atoms with van der Waals surface area (Å²) in [5.74, 6) is 0.636. The van der Waals surface area contributed by atoms with Gasteiger partial charge in [-0.3, -0.25) is 4.79 Å². The summed E-state index contributed by atoms with van der Waals surface area (Å²) in [6.07, 6.45) is 2.77. The van der Waals surface area contributed by atoms with Gasteiger partial charge in [-0.15, -0.1) is 0 Å². The number of ether oxygens (including phenoxy) is 1. The van der Waals surface area contributed by atoms with Gasteiger partial charge in [-0.25, -0.2) is 9.97 Å². The van der Waals surface area contributed by atoms with E-state index < -0.39 is 0 Å². The number of aryl methyl sites for hydroxylation is 1. The number of pyridine rings is 1. The molecular formula is C17H16N2O3. The zero-order valence-electron chi connectivity index (χ0n) is 12.5. The monoisotopic (exact) mass is 296 g/mol. The highest BCUT2D eigenvalue weighted by Crippen LogP contribution is 2.34. The van der Waals surface area contributed by atoms with Gasteiger partial charge in [0.1, 0.15) is 11.3 Å². The van der Waals surface area contributed by atoms with E-state index in [1.807, 2.05) is 38.1 Å². The number of hydrogen-bond donors (Lipinski definition) is 0. The van der Waals surface area contributed by atoms with E-state index in [9.17, 15) is 4.79 Å². The van der Waals surface area contributed by atoms with Crippen LogP contribution in [-0.4, -0.2) is 15.9 Å². The van der Waals surface area contributed by atoms with Crippen LogP contribution in [0.25, 0.3) is 22.7 Å². The average Bonchev–Trinajstić information content (AvgIpc) is 2.93. The lowest BCUT2D eigenvalue weighted by atomic mass is 10.1. The second kappa shape index (κ2) is 5.97. The Morgan fingerprint density at radius 3 is 2.91 bits per heavy atom. The van der Waals surface area contributed by atoms with Gasteiger partial charge in [-0.1, -0.05) is 19.1 Å². The number of carbonyl (C=O) groups is 1. The van der Waals surface area contributed by atoms with Gasteiger partial charge in [0.05, 0.1) is 5.56 Å². The minimum Gasteiger partial charge on any atom is -0.425 e. The van der Waals surface area contributed by atoms with Crippen LogP contribution in [-0.2, 0) is 4.79 Å². The van der Waals surface area contributed by atoms with Crippen molar-refractivity contribution in [3.05, 3.63) is 42.1 Å². The predicted octanol–water partition coefficient (Wildman–Crippen LogP) is 3.90. The fraction of sp³-hybridized carbons (Fsp3) is 0.235. The SMILES string of the molecule is CCCC(=O)Oc1c(C)cccc1-c1nc2cccnc2o1. The van der Waals surface area contributed by atoms with Crippen LogP contribution in [0, 0.1) is 6.92 Å². The third-order valence-electron chi connectivity index (χ3n) is 3.28. The molecule has 0 spiro atoms. The molecule has 0 bridgehead atoms. The van der Waals surface area contributed by atoms with Crippen molar-refractivity contribution in [1.82, 2.24) is 9.97 Å². The van der Waals surface area contributed by atoms with E-state index in [2.05, 4.69) is 9.97 Å². The molecule has 0 saturated carbocycles. The molecule has 0 unspecified atom stereocenters. The summed E-state index contributed by atoms with van der Waals surface area (Å²) >= 11 is 0. The lowest BCUT2D eigenvalue weighted by Gasteiger charge is -2.10. The Labute approximate surface area is 128 Å². The van der Waals surface area contributed by atoms with Crippen LogP contribution < -0.4 is 4.74 Å². The molecule has 22 heavy (non-hydrogen) atoms. The lowest BCUT2D eigenvalue weighted by Crippen LogP contribution is -2.08. The first-order chi connectivity index (χ1) is 10.7. The number of carbonyl (C=O) groups excluding carboxylic acids is 1. The number of fused-ring (bicyclic) bond motifs is 1. The van der Waals surface area contributed by atoms with Crippen molar-refractivity contribution in [3.63, 3.8) is 0 Å². The van der Waals surface area contributed by atoms with E-state index in [1.165, 1.54) is 0 Å². The van der Waals surface area contributed by atoms with Crippen LogP contribution in [0.2, 0.25) is 0 Å². The highest BCUT2D eigenvalue weighted by atomic mass is 16.5. The fourth-order valence-corrected chi connectivity index (χ4v) is 2.21. The van der Waals surface area contributed by atoms with Gasteiger partial charge in [0.15, 0.2) is 0 Å². The maximum absolute atomic E-state index is 11.8. The van der Waals surface area contributed by atoms with Gasteiger partial charge in [-0.2, -0.15) is 0 Å². The first kappa shape index (κ1) is 14.3. The van der Waals surface area contributed by atoms with Crippen molar-refractivity contribution in [2.24, 2.45) is 0 Å². The Morgan fingerprint density at radius 1 is 1.27 bits per heavy atom. The van der Waals surface area contributed by atoms with Crippen LogP contribution in [0.4, 0.5) is 0 Å². The average molecular weight is 296 g/mol. The van der Waals surface area contributed by atoms with E-state index in [0.29, 0.717) is 34.9 Å². The smallest absolute Gasteiger partial charge is 0.311 e. The number of rotatable bonds is 4. The number of esters is 1. The van der Waals surface area contributed by atoms with E-state index in [4.69, 9.17) is 9.15 Å². The van der Waals surface area contributed by atoms with Gasteiger partial charge >= 0.3 is 5.97 Å². The highest BCUT2D eigenvalue weighted by molar-refractivity contribution is 5.79. The molecule has 0 saturated heterocycles. The summed E-state index contributed by atoms with van der Waals surface area (Å²) in [5.41, 5.74) is 2.65. The van der Waals surface area contributed by atoms with Crippen molar-refractivity contribution in [1.29, 1.82) is 0 Å². The maximum Gasteiger partial charge on any atom is 0.311 e. The van der Waals surface area contributed by atoms with Gasteiger partial charge in [0.25, 0.3) is 0 Å². The van der Waals surface area contributed by atoms with Gasteiger partial charge in [0, 0.05) is 12.6 Å². The summed E-state index contributed by atoms with van der Waals surface area (Å²) in [6, 6.07) is 9.22. The van der Waals surface area contributed by atoms with Crippen LogP contribution >= 0.6 is 0 Å². The van der Waals surface area contributed by atoms with Gasteiger partial charge in [0.2, 0.25) is 11.6 Å².